The Balaban J connectivity index is 3.50. The normalized spacial score (nSPS) is 10.9. The number of ether oxygens (including phenoxy) is 1. The molecule has 0 bridgehead atoms. The van der Waals surface area contributed by atoms with E-state index in [0.717, 1.165) is 0 Å². The molecule has 0 aliphatic carbocycles. The zero-order valence-electron chi connectivity index (χ0n) is 8.72. The van der Waals surface area contributed by atoms with E-state index < -0.39 is 16.9 Å². The average molecular weight is 222 g/mol. The summed E-state index contributed by atoms with van der Waals surface area (Å²) in [7, 11) is 0. The highest BCUT2D eigenvalue weighted by Crippen LogP contribution is 2.06. The van der Waals surface area contributed by atoms with Gasteiger partial charge in [-0.2, -0.15) is 0 Å². The van der Waals surface area contributed by atoms with Crippen LogP contribution < -0.4 is 5.32 Å². The lowest BCUT2D eigenvalue weighted by molar-refractivity contribution is -0.111. The van der Waals surface area contributed by atoms with Crippen LogP contribution in [0.5, 0.6) is 0 Å². The van der Waals surface area contributed by atoms with Gasteiger partial charge in [0.15, 0.2) is 0 Å². The standard InChI is InChI=1S/C9H16ClNO3/c1-9(2,3)14-8(13)11-6-4-5-7(10)12/h4-6H2,1-3H3,(H,11,13). The van der Waals surface area contributed by atoms with Gasteiger partial charge in [0.2, 0.25) is 5.24 Å². The molecule has 0 atom stereocenters. The Hall–Kier alpha value is -0.770. The van der Waals surface area contributed by atoms with Gasteiger partial charge in [-0.1, -0.05) is 0 Å². The van der Waals surface area contributed by atoms with Crippen LogP contribution in [0.1, 0.15) is 33.6 Å². The second-order valence-corrected chi connectivity index (χ2v) is 4.31. The Morgan fingerprint density at radius 2 is 1.93 bits per heavy atom. The molecule has 1 amide bonds. The number of hydrogen-bond donors (Lipinski definition) is 1. The molecule has 0 aliphatic rings. The molecule has 14 heavy (non-hydrogen) atoms. The summed E-state index contributed by atoms with van der Waals surface area (Å²) in [5.41, 5.74) is -0.494. The first-order valence-electron chi connectivity index (χ1n) is 4.46. The maximum Gasteiger partial charge on any atom is 0.407 e. The van der Waals surface area contributed by atoms with Crippen LogP contribution in [0.15, 0.2) is 0 Å². The molecular formula is C9H16ClNO3. The Bertz CT molecular complexity index is 211. The summed E-state index contributed by atoms with van der Waals surface area (Å²) in [6.45, 7) is 5.76. The first-order valence-corrected chi connectivity index (χ1v) is 4.84. The minimum atomic E-state index is -0.494. The SMILES string of the molecule is CC(C)(C)OC(=O)NCCCC(=O)Cl. The molecule has 4 nitrogen and oxygen atoms in total. The molecule has 0 aromatic carbocycles. The van der Waals surface area contributed by atoms with Gasteiger partial charge in [0, 0.05) is 13.0 Å². The summed E-state index contributed by atoms with van der Waals surface area (Å²) < 4.78 is 4.98. The Morgan fingerprint density at radius 1 is 1.36 bits per heavy atom. The predicted octanol–water partition coefficient (Wildman–Crippen LogP) is 2.06. The third kappa shape index (κ3) is 9.32. The van der Waals surface area contributed by atoms with Gasteiger partial charge in [-0.05, 0) is 38.8 Å². The zero-order chi connectivity index (χ0) is 11.2. The van der Waals surface area contributed by atoms with Crippen molar-refractivity contribution in [3.8, 4) is 0 Å². The monoisotopic (exact) mass is 221 g/mol. The van der Waals surface area contributed by atoms with Gasteiger partial charge < -0.3 is 10.1 Å². The van der Waals surface area contributed by atoms with Crippen LogP contribution in [0.25, 0.3) is 0 Å². The Morgan fingerprint density at radius 3 is 2.36 bits per heavy atom. The quantitative estimate of drug-likeness (QED) is 0.584. The van der Waals surface area contributed by atoms with Crippen LogP contribution in [0, 0.1) is 0 Å². The second-order valence-electron chi connectivity index (χ2n) is 3.89. The van der Waals surface area contributed by atoms with E-state index >= 15 is 0 Å². The molecule has 0 heterocycles. The first kappa shape index (κ1) is 13.2. The summed E-state index contributed by atoms with van der Waals surface area (Å²) in [6, 6.07) is 0. The lowest BCUT2D eigenvalue weighted by Gasteiger charge is -2.19. The molecule has 82 valence electrons. The minimum Gasteiger partial charge on any atom is -0.444 e. The minimum absolute atomic E-state index is 0.261. The van der Waals surface area contributed by atoms with E-state index in [1.54, 1.807) is 20.8 Å². The molecular weight excluding hydrogens is 206 g/mol. The number of hydrogen-bond acceptors (Lipinski definition) is 3. The van der Waals surface area contributed by atoms with Crippen molar-refractivity contribution in [1.82, 2.24) is 5.32 Å². The number of carbonyl (C=O) groups excluding carboxylic acids is 2. The van der Waals surface area contributed by atoms with Gasteiger partial charge in [-0.25, -0.2) is 4.79 Å². The van der Waals surface area contributed by atoms with E-state index in [-0.39, 0.29) is 6.42 Å². The molecule has 0 fully saturated rings. The van der Waals surface area contributed by atoms with E-state index in [9.17, 15) is 9.59 Å². The van der Waals surface area contributed by atoms with Gasteiger partial charge in [-0.15, -0.1) is 0 Å². The van der Waals surface area contributed by atoms with Crippen molar-refractivity contribution in [1.29, 1.82) is 0 Å². The van der Waals surface area contributed by atoms with E-state index in [4.69, 9.17) is 16.3 Å². The van der Waals surface area contributed by atoms with E-state index in [0.29, 0.717) is 13.0 Å². The molecule has 0 rings (SSSR count). The lowest BCUT2D eigenvalue weighted by atomic mass is 10.2. The van der Waals surface area contributed by atoms with E-state index in [1.165, 1.54) is 0 Å². The fraction of sp³-hybridized carbons (Fsp3) is 0.778. The molecule has 1 N–H and O–H groups in total. The largest absolute Gasteiger partial charge is 0.444 e. The third-order valence-corrected chi connectivity index (χ3v) is 1.41. The average Bonchev–Trinajstić information content (AvgIpc) is 1.94. The molecule has 5 heteroatoms. The number of halogens is 1. The van der Waals surface area contributed by atoms with Crippen LogP contribution in [0.2, 0.25) is 0 Å². The Labute approximate surface area is 88.9 Å². The number of rotatable bonds is 4. The number of amides is 1. The smallest absolute Gasteiger partial charge is 0.407 e. The predicted molar refractivity (Wildman–Crippen MR) is 54.3 cm³/mol. The molecule has 0 saturated heterocycles. The summed E-state index contributed by atoms with van der Waals surface area (Å²) in [5.74, 6) is 0. The van der Waals surface area contributed by atoms with E-state index in [2.05, 4.69) is 5.32 Å². The number of nitrogens with one attached hydrogen (secondary N) is 1. The second kappa shape index (κ2) is 5.86. The molecule has 0 aromatic heterocycles. The summed E-state index contributed by atoms with van der Waals surface area (Å²) in [4.78, 5) is 21.4. The highest BCUT2D eigenvalue weighted by molar-refractivity contribution is 6.63. The maximum atomic E-state index is 11.1. The van der Waals surface area contributed by atoms with Gasteiger partial charge in [0.25, 0.3) is 0 Å². The summed E-state index contributed by atoms with van der Waals surface area (Å²) >= 11 is 5.12. The molecule has 0 saturated carbocycles. The van der Waals surface area contributed by atoms with Crippen LogP contribution in [0.4, 0.5) is 4.79 Å². The fourth-order valence-corrected chi connectivity index (χ4v) is 0.866. The van der Waals surface area contributed by atoms with Crippen LogP contribution in [0.3, 0.4) is 0 Å². The van der Waals surface area contributed by atoms with Gasteiger partial charge in [-0.3, -0.25) is 4.79 Å². The van der Waals surface area contributed by atoms with Crippen molar-refractivity contribution in [2.75, 3.05) is 6.54 Å². The molecule has 0 spiro atoms. The fourth-order valence-electron chi connectivity index (χ4n) is 0.732. The van der Waals surface area contributed by atoms with Crippen molar-refractivity contribution in [2.45, 2.75) is 39.2 Å². The van der Waals surface area contributed by atoms with Crippen LogP contribution in [-0.4, -0.2) is 23.5 Å². The maximum absolute atomic E-state index is 11.1. The summed E-state index contributed by atoms with van der Waals surface area (Å²) in [5, 5.41) is 2.13. The number of alkyl carbamates (subject to hydrolysis) is 1. The molecule has 0 aliphatic heterocycles. The lowest BCUT2D eigenvalue weighted by Crippen LogP contribution is -2.33. The van der Waals surface area contributed by atoms with E-state index in [1.807, 2.05) is 0 Å². The van der Waals surface area contributed by atoms with Crippen molar-refractivity contribution in [2.24, 2.45) is 0 Å². The van der Waals surface area contributed by atoms with Crippen molar-refractivity contribution >= 4 is 22.9 Å². The van der Waals surface area contributed by atoms with Crippen LogP contribution >= 0.6 is 11.6 Å². The zero-order valence-corrected chi connectivity index (χ0v) is 9.48. The highest BCUT2D eigenvalue weighted by atomic mass is 35.5. The van der Waals surface area contributed by atoms with Gasteiger partial charge in [0.1, 0.15) is 5.60 Å². The van der Waals surface area contributed by atoms with Gasteiger partial charge >= 0.3 is 6.09 Å². The van der Waals surface area contributed by atoms with Crippen molar-refractivity contribution in [3.63, 3.8) is 0 Å². The first-order chi connectivity index (χ1) is 6.31. The van der Waals surface area contributed by atoms with Gasteiger partial charge in [0.05, 0.1) is 0 Å². The third-order valence-electron chi connectivity index (χ3n) is 1.22. The number of carbonyl (C=O) groups is 2. The summed E-state index contributed by atoms with van der Waals surface area (Å²) in [6.07, 6.45) is 0.318. The van der Waals surface area contributed by atoms with Crippen molar-refractivity contribution in [3.05, 3.63) is 0 Å². The van der Waals surface area contributed by atoms with Crippen LogP contribution in [-0.2, 0) is 9.53 Å². The molecule has 0 aromatic rings. The Kier molecular flexibility index (Phi) is 5.53. The van der Waals surface area contributed by atoms with Crippen molar-refractivity contribution < 1.29 is 14.3 Å². The molecule has 0 radical (unpaired) electrons. The highest BCUT2D eigenvalue weighted by Gasteiger charge is 2.15. The topological polar surface area (TPSA) is 55.4 Å². The molecule has 0 unspecified atom stereocenters.